The van der Waals surface area contributed by atoms with E-state index in [1.807, 2.05) is 0 Å². The molecular formula is C24H16ClFN8O. The highest BCUT2D eigenvalue weighted by molar-refractivity contribution is 6.35. The van der Waals surface area contributed by atoms with Gasteiger partial charge < -0.3 is 5.73 Å². The van der Waals surface area contributed by atoms with Gasteiger partial charge in [0.2, 0.25) is 0 Å². The first-order valence-electron chi connectivity index (χ1n) is 10.6. The molecule has 0 radical (unpaired) electrons. The molecule has 9 nitrogen and oxygen atoms in total. The quantitative estimate of drug-likeness (QED) is 0.389. The molecule has 0 saturated heterocycles. The molecule has 35 heavy (non-hydrogen) atoms. The third-order valence-corrected chi connectivity index (χ3v) is 6.12. The number of nitrogen functional groups attached to an aromatic ring is 1. The molecule has 0 fully saturated rings. The van der Waals surface area contributed by atoms with Crippen LogP contribution < -0.4 is 11.3 Å². The minimum Gasteiger partial charge on any atom is -0.383 e. The first kappa shape index (κ1) is 21.0. The van der Waals surface area contributed by atoms with Gasteiger partial charge in [0, 0.05) is 17.5 Å². The number of nitrogens with one attached hydrogen (secondary N) is 1. The Morgan fingerprint density at radius 3 is 2.74 bits per heavy atom. The molecule has 0 spiro atoms. The number of hydrogen-bond donors (Lipinski definition) is 2. The molecule has 3 N–H and O–H groups in total. The second-order valence-electron chi connectivity index (χ2n) is 7.88. The number of nitrogens with two attached hydrogens (primary N) is 1. The average molecular weight is 487 g/mol. The van der Waals surface area contributed by atoms with Crippen molar-refractivity contribution in [2.45, 2.75) is 6.54 Å². The van der Waals surface area contributed by atoms with Gasteiger partial charge in [-0.2, -0.15) is 10.2 Å². The van der Waals surface area contributed by atoms with Crippen LogP contribution in [0.25, 0.3) is 38.8 Å². The van der Waals surface area contributed by atoms with Crippen LogP contribution in [0.15, 0.2) is 72.0 Å². The van der Waals surface area contributed by atoms with E-state index in [-0.39, 0.29) is 23.1 Å². The Hall–Kier alpha value is -4.57. The number of pyridine rings is 1. The van der Waals surface area contributed by atoms with Gasteiger partial charge in [-0.3, -0.25) is 14.5 Å². The number of hydrogen-bond acceptors (Lipinski definition) is 6. The molecule has 0 aliphatic rings. The summed E-state index contributed by atoms with van der Waals surface area (Å²) in [5.41, 5.74) is 8.03. The van der Waals surface area contributed by atoms with Gasteiger partial charge in [-0.25, -0.2) is 19.0 Å². The summed E-state index contributed by atoms with van der Waals surface area (Å²) in [5.74, 6) is -0.285. The van der Waals surface area contributed by atoms with Crippen LogP contribution in [0, 0.1) is 5.82 Å². The zero-order chi connectivity index (χ0) is 24.1. The molecule has 4 heterocycles. The minimum atomic E-state index is -0.543. The molecule has 6 aromatic rings. The molecule has 4 aromatic heterocycles. The fourth-order valence-electron chi connectivity index (χ4n) is 4.26. The standard InChI is InChI=1S/C24H16ClFN8O/c25-16-5-3-4-13-8-15(34(24(35)19(13)16)18-7-2-1-6-17(18)26)11-33-23-20(22(27)28-12-29-23)21(32-33)14-9-30-31-10-14/h1-10,12H,11H2,(H,30,31)(H2,27,28,29). The Morgan fingerprint density at radius 2 is 1.94 bits per heavy atom. The number of anilines is 1. The fourth-order valence-corrected chi connectivity index (χ4v) is 4.53. The Morgan fingerprint density at radius 1 is 1.09 bits per heavy atom. The van der Waals surface area contributed by atoms with Crippen molar-refractivity contribution in [3.8, 4) is 16.9 Å². The van der Waals surface area contributed by atoms with E-state index in [9.17, 15) is 9.18 Å². The number of fused-ring (bicyclic) bond motifs is 2. The van der Waals surface area contributed by atoms with E-state index >= 15 is 0 Å². The van der Waals surface area contributed by atoms with Crippen molar-refractivity contribution in [1.82, 2.24) is 34.5 Å². The number of nitrogens with zero attached hydrogens (tertiary/aromatic N) is 6. The van der Waals surface area contributed by atoms with Crippen LogP contribution in [0.1, 0.15) is 5.69 Å². The van der Waals surface area contributed by atoms with E-state index in [2.05, 4.69) is 20.2 Å². The van der Waals surface area contributed by atoms with E-state index in [1.54, 1.807) is 59.5 Å². The van der Waals surface area contributed by atoms with E-state index < -0.39 is 11.4 Å². The summed E-state index contributed by atoms with van der Waals surface area (Å²) < 4.78 is 17.8. The van der Waals surface area contributed by atoms with Gasteiger partial charge >= 0.3 is 0 Å². The molecule has 2 aromatic carbocycles. The Balaban J connectivity index is 1.64. The van der Waals surface area contributed by atoms with Crippen LogP contribution >= 0.6 is 11.6 Å². The van der Waals surface area contributed by atoms with Crippen LogP contribution in [0.2, 0.25) is 5.02 Å². The van der Waals surface area contributed by atoms with Crippen molar-refractivity contribution < 1.29 is 4.39 Å². The van der Waals surface area contributed by atoms with E-state index in [4.69, 9.17) is 22.4 Å². The number of H-pyrrole nitrogens is 1. The SMILES string of the molecule is Nc1ncnc2c1c(-c1cn[nH]c1)nn2Cc1cc2cccc(Cl)c2c(=O)n1-c1ccccc1F. The van der Waals surface area contributed by atoms with Gasteiger partial charge in [0.05, 0.1) is 34.2 Å². The summed E-state index contributed by atoms with van der Waals surface area (Å²) in [5, 5.41) is 13.2. The molecule has 0 aliphatic heterocycles. The van der Waals surface area contributed by atoms with Crippen LogP contribution in [-0.2, 0) is 6.54 Å². The van der Waals surface area contributed by atoms with Crippen molar-refractivity contribution in [2.24, 2.45) is 0 Å². The van der Waals surface area contributed by atoms with Crippen molar-refractivity contribution in [2.75, 3.05) is 5.73 Å². The Bertz CT molecular complexity index is 1790. The molecule has 0 aliphatic carbocycles. The molecule has 0 atom stereocenters. The normalized spacial score (nSPS) is 11.5. The second kappa shape index (κ2) is 8.03. The lowest BCUT2D eigenvalue weighted by Crippen LogP contribution is -2.25. The van der Waals surface area contributed by atoms with Crippen molar-refractivity contribution in [3.05, 3.63) is 94.1 Å². The topological polar surface area (TPSA) is 120 Å². The zero-order valence-corrected chi connectivity index (χ0v) is 18.7. The highest BCUT2D eigenvalue weighted by Crippen LogP contribution is 2.30. The molecule has 172 valence electrons. The van der Waals surface area contributed by atoms with E-state index in [0.29, 0.717) is 38.8 Å². The molecule has 6 rings (SSSR count). The van der Waals surface area contributed by atoms with Crippen molar-refractivity contribution in [3.63, 3.8) is 0 Å². The zero-order valence-electron chi connectivity index (χ0n) is 18.0. The monoisotopic (exact) mass is 486 g/mol. The summed E-state index contributed by atoms with van der Waals surface area (Å²) in [6, 6.07) is 13.1. The Kier molecular flexibility index (Phi) is 4.82. The summed E-state index contributed by atoms with van der Waals surface area (Å²) in [4.78, 5) is 22.1. The summed E-state index contributed by atoms with van der Waals surface area (Å²) >= 11 is 6.37. The van der Waals surface area contributed by atoms with E-state index in [1.165, 1.54) is 17.0 Å². The lowest BCUT2D eigenvalue weighted by Gasteiger charge is -2.16. The largest absolute Gasteiger partial charge is 0.383 e. The van der Waals surface area contributed by atoms with Gasteiger partial charge in [-0.1, -0.05) is 35.9 Å². The minimum absolute atomic E-state index is 0.0941. The lowest BCUT2D eigenvalue weighted by molar-refractivity contribution is 0.606. The van der Waals surface area contributed by atoms with Crippen LogP contribution in [-0.4, -0.2) is 34.5 Å². The first-order valence-corrected chi connectivity index (χ1v) is 10.9. The summed E-state index contributed by atoms with van der Waals surface area (Å²) in [7, 11) is 0. The fraction of sp³-hybridized carbons (Fsp3) is 0.0417. The lowest BCUT2D eigenvalue weighted by atomic mass is 10.1. The van der Waals surface area contributed by atoms with E-state index in [0.717, 1.165) is 0 Å². The third kappa shape index (κ3) is 3.34. The first-order chi connectivity index (χ1) is 17.0. The summed E-state index contributed by atoms with van der Waals surface area (Å²) in [6.07, 6.45) is 4.65. The van der Waals surface area contributed by atoms with Gasteiger partial charge in [0.25, 0.3) is 5.56 Å². The summed E-state index contributed by atoms with van der Waals surface area (Å²) in [6.45, 7) is 0.0941. The number of para-hydroxylation sites is 1. The molecule has 0 bridgehead atoms. The predicted octanol–water partition coefficient (Wildman–Crippen LogP) is 3.94. The average Bonchev–Trinajstić information content (AvgIpc) is 3.49. The smallest absolute Gasteiger partial charge is 0.264 e. The third-order valence-electron chi connectivity index (χ3n) is 5.81. The number of benzene rings is 2. The van der Waals surface area contributed by atoms with Gasteiger partial charge in [0.1, 0.15) is 23.7 Å². The highest BCUT2D eigenvalue weighted by atomic mass is 35.5. The van der Waals surface area contributed by atoms with Crippen LogP contribution in [0.5, 0.6) is 0 Å². The molecular weight excluding hydrogens is 471 g/mol. The molecule has 0 saturated carbocycles. The van der Waals surface area contributed by atoms with Crippen molar-refractivity contribution >= 4 is 39.2 Å². The molecule has 0 unspecified atom stereocenters. The van der Waals surface area contributed by atoms with Gasteiger partial charge in [0.15, 0.2) is 5.65 Å². The predicted molar refractivity (Wildman–Crippen MR) is 131 cm³/mol. The second-order valence-corrected chi connectivity index (χ2v) is 8.29. The number of halogens is 2. The van der Waals surface area contributed by atoms with Gasteiger partial charge in [-0.15, -0.1) is 0 Å². The number of aromatic amines is 1. The number of aromatic nitrogens is 7. The maximum absolute atomic E-state index is 14.9. The highest BCUT2D eigenvalue weighted by Gasteiger charge is 2.21. The van der Waals surface area contributed by atoms with Crippen LogP contribution in [0.3, 0.4) is 0 Å². The van der Waals surface area contributed by atoms with Crippen molar-refractivity contribution in [1.29, 1.82) is 0 Å². The maximum atomic E-state index is 14.9. The van der Waals surface area contributed by atoms with Crippen LogP contribution in [0.4, 0.5) is 10.2 Å². The maximum Gasteiger partial charge on any atom is 0.264 e. The Labute approximate surface area is 201 Å². The molecule has 0 amide bonds. The molecule has 11 heteroatoms. The number of rotatable bonds is 4. The van der Waals surface area contributed by atoms with Gasteiger partial charge in [-0.05, 0) is 29.7 Å².